The number of anilines is 1. The lowest BCUT2D eigenvalue weighted by molar-refractivity contribution is -0.132. The zero-order chi connectivity index (χ0) is 29.4. The Morgan fingerprint density at radius 3 is 2.39 bits per heavy atom. The molecule has 8 nitrogen and oxygen atoms in total. The van der Waals surface area contributed by atoms with Crippen molar-refractivity contribution in [2.75, 3.05) is 39.2 Å². The summed E-state index contributed by atoms with van der Waals surface area (Å²) in [4.78, 5) is 34.0. The molecule has 0 aliphatic heterocycles. The summed E-state index contributed by atoms with van der Waals surface area (Å²) in [5.74, 6) is 1.30. The summed E-state index contributed by atoms with van der Waals surface area (Å²) in [6, 6.07) is 21.2. The molecule has 3 aromatic carbocycles. The summed E-state index contributed by atoms with van der Waals surface area (Å²) in [7, 11) is 3.19. The van der Waals surface area contributed by atoms with Gasteiger partial charge in [-0.05, 0) is 60.2 Å². The highest BCUT2D eigenvalue weighted by atomic mass is 16.5. The molecule has 216 valence electrons. The number of nitrogens with zero attached hydrogens (tertiary/aromatic N) is 2. The van der Waals surface area contributed by atoms with Gasteiger partial charge in [0.15, 0.2) is 11.5 Å². The fourth-order valence-corrected chi connectivity index (χ4v) is 4.92. The predicted molar refractivity (Wildman–Crippen MR) is 164 cm³/mol. The van der Waals surface area contributed by atoms with Crippen LogP contribution in [0.5, 0.6) is 11.5 Å². The summed E-state index contributed by atoms with van der Waals surface area (Å²) in [6.07, 6.45) is 2.67. The fraction of sp³-hybridized carbons (Fsp3) is 0.333. The van der Waals surface area contributed by atoms with Crippen LogP contribution in [0, 0.1) is 12.8 Å². The molecule has 4 rings (SSSR count). The number of hydrogen-bond acceptors (Lipinski definition) is 4. The largest absolute Gasteiger partial charge is 0.493 e. The number of aromatic amines is 1. The van der Waals surface area contributed by atoms with Crippen LogP contribution in [-0.2, 0) is 17.8 Å². The van der Waals surface area contributed by atoms with E-state index in [0.717, 1.165) is 33.3 Å². The molecule has 4 aromatic rings. The molecule has 0 bridgehead atoms. The molecule has 0 aliphatic carbocycles. The Morgan fingerprint density at radius 1 is 0.927 bits per heavy atom. The van der Waals surface area contributed by atoms with Gasteiger partial charge in [0.1, 0.15) is 6.54 Å². The number of hydrogen-bond donors (Lipinski definition) is 2. The molecule has 0 aliphatic rings. The summed E-state index contributed by atoms with van der Waals surface area (Å²) in [5, 5.41) is 4.14. The quantitative estimate of drug-likeness (QED) is 0.216. The number of methoxy groups -OCH3 is 2. The van der Waals surface area contributed by atoms with Crippen LogP contribution in [0.15, 0.2) is 72.9 Å². The number of fused-ring (bicyclic) bond motifs is 1. The van der Waals surface area contributed by atoms with Crippen molar-refractivity contribution in [3.05, 3.63) is 89.6 Å². The molecule has 0 atom stereocenters. The average molecular weight is 557 g/mol. The van der Waals surface area contributed by atoms with Gasteiger partial charge in [0.25, 0.3) is 0 Å². The van der Waals surface area contributed by atoms with Crippen molar-refractivity contribution in [2.45, 2.75) is 33.7 Å². The first-order chi connectivity index (χ1) is 19.8. The van der Waals surface area contributed by atoms with Crippen LogP contribution in [0.2, 0.25) is 0 Å². The normalized spacial score (nSPS) is 11.0. The second kappa shape index (κ2) is 13.7. The number of rotatable bonds is 12. The summed E-state index contributed by atoms with van der Waals surface area (Å²) in [6.45, 7) is 7.31. The second-order valence-corrected chi connectivity index (χ2v) is 10.6. The van der Waals surface area contributed by atoms with Crippen molar-refractivity contribution in [1.82, 2.24) is 14.8 Å². The highest BCUT2D eigenvalue weighted by Gasteiger charge is 2.23. The van der Waals surface area contributed by atoms with Crippen molar-refractivity contribution in [2.24, 2.45) is 5.92 Å². The third-order valence-corrected chi connectivity index (χ3v) is 7.09. The number of amides is 3. The van der Waals surface area contributed by atoms with Crippen LogP contribution >= 0.6 is 0 Å². The molecule has 1 heterocycles. The first kappa shape index (κ1) is 29.5. The monoisotopic (exact) mass is 556 g/mol. The van der Waals surface area contributed by atoms with Gasteiger partial charge in [-0.15, -0.1) is 0 Å². The Morgan fingerprint density at radius 2 is 1.66 bits per heavy atom. The van der Waals surface area contributed by atoms with Gasteiger partial charge in [-0.1, -0.05) is 56.3 Å². The smallest absolute Gasteiger partial charge is 0.322 e. The molecular weight excluding hydrogens is 516 g/mol. The number of aromatic nitrogens is 1. The Balaban J connectivity index is 1.56. The van der Waals surface area contributed by atoms with E-state index < -0.39 is 0 Å². The molecule has 0 spiro atoms. The van der Waals surface area contributed by atoms with Crippen molar-refractivity contribution < 1.29 is 19.1 Å². The fourth-order valence-electron chi connectivity index (χ4n) is 4.92. The number of urea groups is 1. The molecule has 0 unspecified atom stereocenters. The van der Waals surface area contributed by atoms with Gasteiger partial charge < -0.3 is 29.6 Å². The number of benzene rings is 3. The standard InChI is InChI=1S/C33H40N4O4/c1-23(2)20-37(33(39)35-28-12-8-6-10-24(28)3)22-32(38)36(21-25-14-15-30(40-4)31(18-25)41-5)17-16-26-19-34-29-13-9-7-11-27(26)29/h6-15,18-19,23,34H,16-17,20-22H2,1-5H3,(H,35,39). The zero-order valence-corrected chi connectivity index (χ0v) is 24.6. The Labute approximate surface area is 242 Å². The number of ether oxygens (including phenoxy) is 2. The van der Waals surface area contributed by atoms with Crippen molar-refractivity contribution in [3.8, 4) is 11.5 Å². The van der Waals surface area contributed by atoms with E-state index in [1.165, 1.54) is 0 Å². The van der Waals surface area contributed by atoms with Crippen molar-refractivity contribution >= 4 is 28.5 Å². The molecule has 0 radical (unpaired) electrons. The van der Waals surface area contributed by atoms with Gasteiger partial charge in [0.05, 0.1) is 14.2 Å². The molecular formula is C33H40N4O4. The highest BCUT2D eigenvalue weighted by Crippen LogP contribution is 2.28. The summed E-state index contributed by atoms with van der Waals surface area (Å²) >= 11 is 0. The van der Waals surface area contributed by atoms with Gasteiger partial charge in [0.2, 0.25) is 5.91 Å². The van der Waals surface area contributed by atoms with Crippen LogP contribution < -0.4 is 14.8 Å². The molecule has 1 aromatic heterocycles. The van der Waals surface area contributed by atoms with E-state index in [1.807, 2.05) is 92.5 Å². The maximum absolute atomic E-state index is 13.9. The van der Waals surface area contributed by atoms with Crippen LogP contribution in [-0.4, -0.2) is 60.6 Å². The van der Waals surface area contributed by atoms with Gasteiger partial charge in [0, 0.05) is 42.4 Å². The Kier molecular flexibility index (Phi) is 9.90. The van der Waals surface area contributed by atoms with Crippen molar-refractivity contribution in [1.29, 1.82) is 0 Å². The third kappa shape index (κ3) is 7.60. The van der Waals surface area contributed by atoms with E-state index in [9.17, 15) is 9.59 Å². The number of carbonyl (C=O) groups is 2. The zero-order valence-electron chi connectivity index (χ0n) is 24.6. The molecule has 3 amide bonds. The maximum Gasteiger partial charge on any atom is 0.322 e. The van der Waals surface area contributed by atoms with Crippen molar-refractivity contribution in [3.63, 3.8) is 0 Å². The van der Waals surface area contributed by atoms with E-state index in [-0.39, 0.29) is 24.4 Å². The number of aryl methyl sites for hydroxylation is 1. The van der Waals surface area contributed by atoms with E-state index >= 15 is 0 Å². The molecule has 8 heteroatoms. The van der Waals surface area contributed by atoms with Gasteiger partial charge in [-0.25, -0.2) is 4.79 Å². The number of carbonyl (C=O) groups excluding carboxylic acids is 2. The van der Waals surface area contributed by atoms with Crippen LogP contribution in [0.4, 0.5) is 10.5 Å². The lowest BCUT2D eigenvalue weighted by Crippen LogP contribution is -2.46. The highest BCUT2D eigenvalue weighted by molar-refractivity contribution is 5.93. The number of nitrogens with one attached hydrogen (secondary N) is 2. The van der Waals surface area contributed by atoms with E-state index in [4.69, 9.17) is 9.47 Å². The Bertz CT molecular complexity index is 1480. The maximum atomic E-state index is 13.9. The lowest BCUT2D eigenvalue weighted by atomic mass is 10.1. The van der Waals surface area contributed by atoms with Gasteiger partial charge in [-0.3, -0.25) is 4.79 Å². The molecule has 0 saturated heterocycles. The summed E-state index contributed by atoms with van der Waals surface area (Å²) < 4.78 is 10.9. The molecule has 0 fully saturated rings. The first-order valence-electron chi connectivity index (χ1n) is 13.9. The predicted octanol–water partition coefficient (Wildman–Crippen LogP) is 6.25. The van der Waals surface area contributed by atoms with Gasteiger partial charge >= 0.3 is 6.03 Å². The SMILES string of the molecule is COc1ccc(CN(CCc2c[nH]c3ccccc23)C(=O)CN(CC(C)C)C(=O)Nc2ccccc2C)cc1OC. The number of H-pyrrole nitrogens is 1. The lowest BCUT2D eigenvalue weighted by Gasteiger charge is -2.29. The van der Waals surface area contributed by atoms with Gasteiger partial charge in [-0.2, -0.15) is 0 Å². The molecule has 0 saturated carbocycles. The minimum absolute atomic E-state index is 0.0307. The molecule has 41 heavy (non-hydrogen) atoms. The average Bonchev–Trinajstić information content (AvgIpc) is 3.38. The minimum atomic E-state index is -0.288. The van der Waals surface area contributed by atoms with Crippen LogP contribution in [0.1, 0.15) is 30.5 Å². The van der Waals surface area contributed by atoms with E-state index in [1.54, 1.807) is 19.1 Å². The summed E-state index contributed by atoms with van der Waals surface area (Å²) in [5.41, 5.74) is 4.82. The number of para-hydroxylation sites is 2. The second-order valence-electron chi connectivity index (χ2n) is 10.6. The first-order valence-corrected chi connectivity index (χ1v) is 13.9. The van der Waals surface area contributed by atoms with E-state index in [2.05, 4.69) is 16.4 Å². The van der Waals surface area contributed by atoms with Crippen LogP contribution in [0.3, 0.4) is 0 Å². The minimum Gasteiger partial charge on any atom is -0.493 e. The Hall–Kier alpha value is -4.46. The topological polar surface area (TPSA) is 86.9 Å². The van der Waals surface area contributed by atoms with E-state index in [0.29, 0.717) is 37.6 Å². The molecule has 2 N–H and O–H groups in total. The van der Waals surface area contributed by atoms with Crippen LogP contribution in [0.25, 0.3) is 10.9 Å². The third-order valence-electron chi connectivity index (χ3n) is 7.09.